The minimum Gasteiger partial charge on any atom is -0.508 e. The van der Waals surface area contributed by atoms with Gasteiger partial charge in [0.25, 0.3) is 5.91 Å². The Labute approximate surface area is 114 Å². The molecule has 1 heterocycles. The van der Waals surface area contributed by atoms with Gasteiger partial charge >= 0.3 is 5.97 Å². The maximum Gasteiger partial charge on any atom is 0.332 e. The second-order valence-electron chi connectivity index (χ2n) is 4.57. The molecule has 4 N–H and O–H groups in total. The largest absolute Gasteiger partial charge is 0.508 e. The lowest BCUT2D eigenvalue weighted by Crippen LogP contribution is -2.33. The van der Waals surface area contributed by atoms with Gasteiger partial charge in [-0.25, -0.2) is 4.79 Å². The van der Waals surface area contributed by atoms with E-state index < -0.39 is 18.0 Å². The first-order valence-corrected chi connectivity index (χ1v) is 6.16. The molecule has 108 valence electrons. The monoisotopic (exact) mass is 281 g/mol. The van der Waals surface area contributed by atoms with Gasteiger partial charge in [-0.3, -0.25) is 4.79 Å². The molecule has 1 aliphatic heterocycles. The van der Waals surface area contributed by atoms with Crippen LogP contribution in [0.25, 0.3) is 0 Å². The van der Waals surface area contributed by atoms with E-state index in [-0.39, 0.29) is 29.7 Å². The number of carboxylic acid groups (broad SMARTS) is 1. The lowest BCUT2D eigenvalue weighted by Gasteiger charge is -2.13. The van der Waals surface area contributed by atoms with Crippen LogP contribution in [0.3, 0.4) is 0 Å². The summed E-state index contributed by atoms with van der Waals surface area (Å²) >= 11 is 0. The molecule has 0 saturated carbocycles. The number of carbonyl (C=O) groups is 2. The van der Waals surface area contributed by atoms with Crippen LogP contribution < -0.4 is 5.32 Å². The Morgan fingerprint density at radius 2 is 2.05 bits per heavy atom. The molecule has 0 spiro atoms. The van der Waals surface area contributed by atoms with Crippen molar-refractivity contribution < 1.29 is 29.6 Å². The van der Waals surface area contributed by atoms with Gasteiger partial charge < -0.3 is 25.4 Å². The zero-order valence-electron chi connectivity index (χ0n) is 10.6. The Kier molecular flexibility index (Phi) is 4.09. The van der Waals surface area contributed by atoms with Crippen LogP contribution in [-0.2, 0) is 9.53 Å². The van der Waals surface area contributed by atoms with E-state index in [9.17, 15) is 19.8 Å². The Hall–Kier alpha value is -2.28. The number of benzene rings is 1. The molecule has 7 nitrogen and oxygen atoms in total. The van der Waals surface area contributed by atoms with E-state index in [1.165, 1.54) is 12.1 Å². The highest BCUT2D eigenvalue weighted by atomic mass is 16.5. The van der Waals surface area contributed by atoms with Crippen LogP contribution in [0.15, 0.2) is 18.2 Å². The SMILES string of the molecule is O=C(NCC1CCC(C(=O)O)O1)c1cc(O)ccc1O. The molecule has 7 heteroatoms. The molecule has 0 aromatic heterocycles. The van der Waals surface area contributed by atoms with Crippen LogP contribution in [0.5, 0.6) is 11.5 Å². The Morgan fingerprint density at radius 1 is 1.30 bits per heavy atom. The number of aliphatic carboxylic acids is 1. The molecule has 0 radical (unpaired) electrons. The maximum atomic E-state index is 11.8. The fraction of sp³-hybridized carbons (Fsp3) is 0.385. The van der Waals surface area contributed by atoms with E-state index in [4.69, 9.17) is 9.84 Å². The standard InChI is InChI=1S/C13H15NO6/c15-7-1-3-10(16)9(5-7)12(17)14-6-8-2-4-11(20-8)13(18)19/h1,3,5,8,11,15-16H,2,4,6H2,(H,14,17)(H,18,19). The van der Waals surface area contributed by atoms with Gasteiger partial charge in [-0.1, -0.05) is 0 Å². The first-order valence-electron chi connectivity index (χ1n) is 6.16. The Morgan fingerprint density at radius 3 is 2.70 bits per heavy atom. The van der Waals surface area contributed by atoms with Gasteiger partial charge in [0.15, 0.2) is 6.10 Å². The number of phenols is 2. The van der Waals surface area contributed by atoms with Gasteiger partial charge in [-0.05, 0) is 31.0 Å². The molecule has 20 heavy (non-hydrogen) atoms. The summed E-state index contributed by atoms with van der Waals surface area (Å²) in [6.45, 7) is 0.151. The molecule has 1 aliphatic rings. The lowest BCUT2D eigenvalue weighted by molar-refractivity contribution is -0.149. The number of hydrogen-bond acceptors (Lipinski definition) is 5. The molecule has 0 bridgehead atoms. The van der Waals surface area contributed by atoms with E-state index in [0.717, 1.165) is 6.07 Å². The highest BCUT2D eigenvalue weighted by molar-refractivity contribution is 5.97. The first-order chi connectivity index (χ1) is 9.47. The minimum atomic E-state index is -1.01. The summed E-state index contributed by atoms with van der Waals surface area (Å²) in [6.07, 6.45) is -0.234. The van der Waals surface area contributed by atoms with Crippen LogP contribution in [0, 0.1) is 0 Å². The predicted molar refractivity (Wildman–Crippen MR) is 67.6 cm³/mol. The van der Waals surface area contributed by atoms with E-state index in [1.807, 2.05) is 0 Å². The zero-order valence-corrected chi connectivity index (χ0v) is 10.6. The molecule has 1 aromatic rings. The molecule has 1 saturated heterocycles. The van der Waals surface area contributed by atoms with Gasteiger partial charge in [-0.15, -0.1) is 0 Å². The first kappa shape index (κ1) is 14.1. The Bertz CT molecular complexity index is 530. The average molecular weight is 281 g/mol. The number of hydrogen-bond donors (Lipinski definition) is 4. The summed E-state index contributed by atoms with van der Waals surface area (Å²) in [5, 5.41) is 30.1. The molecular formula is C13H15NO6. The second kappa shape index (κ2) is 5.79. The number of amides is 1. The quantitative estimate of drug-likeness (QED) is 0.596. The second-order valence-corrected chi connectivity index (χ2v) is 4.57. The van der Waals surface area contributed by atoms with Crippen LogP contribution in [-0.4, -0.2) is 45.9 Å². The third-order valence-electron chi connectivity index (χ3n) is 3.10. The van der Waals surface area contributed by atoms with Crippen molar-refractivity contribution in [1.82, 2.24) is 5.32 Å². The third kappa shape index (κ3) is 3.18. The summed E-state index contributed by atoms with van der Waals surface area (Å²) in [6, 6.07) is 3.64. The lowest BCUT2D eigenvalue weighted by atomic mass is 10.1. The van der Waals surface area contributed by atoms with Crippen LogP contribution in [0.2, 0.25) is 0 Å². The van der Waals surface area contributed by atoms with Crippen molar-refractivity contribution in [2.45, 2.75) is 25.0 Å². The normalized spacial score (nSPS) is 21.6. The number of ether oxygens (including phenoxy) is 1. The van der Waals surface area contributed by atoms with E-state index in [1.54, 1.807) is 0 Å². The summed E-state index contributed by atoms with van der Waals surface area (Å²) in [5.41, 5.74) is -0.0437. The number of carbonyl (C=O) groups excluding carboxylic acids is 1. The summed E-state index contributed by atoms with van der Waals surface area (Å²) < 4.78 is 5.24. The van der Waals surface area contributed by atoms with Crippen molar-refractivity contribution >= 4 is 11.9 Å². The third-order valence-corrected chi connectivity index (χ3v) is 3.10. The fourth-order valence-electron chi connectivity index (χ4n) is 2.05. The van der Waals surface area contributed by atoms with Gasteiger partial charge in [0.05, 0.1) is 11.7 Å². The molecule has 1 aromatic carbocycles. The fourth-order valence-corrected chi connectivity index (χ4v) is 2.05. The smallest absolute Gasteiger partial charge is 0.332 e. The van der Waals surface area contributed by atoms with Gasteiger partial charge in [0.2, 0.25) is 0 Å². The highest BCUT2D eigenvalue weighted by Crippen LogP contribution is 2.22. The molecule has 2 unspecified atom stereocenters. The zero-order chi connectivity index (χ0) is 14.7. The van der Waals surface area contributed by atoms with Crippen molar-refractivity contribution in [3.8, 4) is 11.5 Å². The van der Waals surface area contributed by atoms with Crippen LogP contribution in [0.4, 0.5) is 0 Å². The number of phenolic OH excluding ortho intramolecular Hbond substituents is 2. The average Bonchev–Trinajstić information content (AvgIpc) is 2.88. The number of carboxylic acids is 1. The van der Waals surface area contributed by atoms with E-state index in [2.05, 4.69) is 5.32 Å². The van der Waals surface area contributed by atoms with Crippen molar-refractivity contribution in [3.63, 3.8) is 0 Å². The molecule has 1 fully saturated rings. The summed E-state index contributed by atoms with van der Waals surface area (Å²) in [4.78, 5) is 22.6. The number of rotatable bonds is 4. The number of aromatic hydroxyl groups is 2. The minimum absolute atomic E-state index is 0.0437. The molecule has 2 rings (SSSR count). The highest BCUT2D eigenvalue weighted by Gasteiger charge is 2.30. The van der Waals surface area contributed by atoms with Crippen molar-refractivity contribution in [1.29, 1.82) is 0 Å². The van der Waals surface area contributed by atoms with Crippen molar-refractivity contribution in [2.75, 3.05) is 6.54 Å². The van der Waals surface area contributed by atoms with Crippen molar-refractivity contribution in [2.24, 2.45) is 0 Å². The summed E-state index contributed by atoms with van der Waals surface area (Å²) in [5.74, 6) is -1.93. The van der Waals surface area contributed by atoms with Crippen LogP contribution in [0.1, 0.15) is 23.2 Å². The number of nitrogens with one attached hydrogen (secondary N) is 1. The molecule has 2 atom stereocenters. The van der Waals surface area contributed by atoms with Crippen LogP contribution >= 0.6 is 0 Å². The summed E-state index contributed by atoms with van der Waals surface area (Å²) in [7, 11) is 0. The maximum absolute atomic E-state index is 11.8. The van der Waals surface area contributed by atoms with Gasteiger partial charge in [0.1, 0.15) is 11.5 Å². The Balaban J connectivity index is 1.90. The van der Waals surface area contributed by atoms with Crippen molar-refractivity contribution in [3.05, 3.63) is 23.8 Å². The van der Waals surface area contributed by atoms with E-state index in [0.29, 0.717) is 12.8 Å². The van der Waals surface area contributed by atoms with Gasteiger partial charge in [-0.2, -0.15) is 0 Å². The predicted octanol–water partition coefficient (Wildman–Crippen LogP) is 0.460. The van der Waals surface area contributed by atoms with E-state index >= 15 is 0 Å². The molecular weight excluding hydrogens is 266 g/mol. The molecule has 0 aliphatic carbocycles. The topological polar surface area (TPSA) is 116 Å². The van der Waals surface area contributed by atoms with Gasteiger partial charge in [0, 0.05) is 6.54 Å². The molecule has 1 amide bonds.